The van der Waals surface area contributed by atoms with E-state index >= 15 is 0 Å². The minimum Gasteiger partial charge on any atom is -0.320 e. The van der Waals surface area contributed by atoms with E-state index in [1.807, 2.05) is 25.1 Å². The zero-order valence-electron chi connectivity index (χ0n) is 10.4. The summed E-state index contributed by atoms with van der Waals surface area (Å²) in [6.45, 7) is 2.01. The lowest BCUT2D eigenvalue weighted by Crippen LogP contribution is -2.12. The Balaban J connectivity index is 2.22. The number of para-hydroxylation sites is 1. The molecule has 0 aliphatic heterocycles. The number of pyridine rings is 1. The van der Waals surface area contributed by atoms with E-state index in [1.54, 1.807) is 11.3 Å². The smallest absolute Gasteiger partial charge is 0.0708 e. The molecule has 0 aliphatic rings. The van der Waals surface area contributed by atoms with Gasteiger partial charge < -0.3 is 5.73 Å². The quantitative estimate of drug-likeness (QED) is 0.754. The van der Waals surface area contributed by atoms with E-state index in [0.717, 1.165) is 32.2 Å². The summed E-state index contributed by atoms with van der Waals surface area (Å²) >= 11 is 5.22. The topological polar surface area (TPSA) is 38.9 Å². The largest absolute Gasteiger partial charge is 0.320 e. The molecule has 0 amide bonds. The number of nitrogens with zero attached hydrogens (tertiary/aromatic N) is 1. The van der Waals surface area contributed by atoms with E-state index < -0.39 is 0 Å². The fraction of sp³-hybridized carbons (Fsp3) is 0.133. The molecule has 3 rings (SSSR count). The van der Waals surface area contributed by atoms with Gasteiger partial charge in [0.1, 0.15) is 0 Å². The molecule has 2 nitrogen and oxygen atoms in total. The van der Waals surface area contributed by atoms with E-state index in [9.17, 15) is 0 Å². The first-order chi connectivity index (χ1) is 9.16. The van der Waals surface area contributed by atoms with Crippen LogP contribution in [0.25, 0.3) is 10.9 Å². The number of aromatic nitrogens is 1. The van der Waals surface area contributed by atoms with Gasteiger partial charge in [-0.3, -0.25) is 4.98 Å². The molecule has 1 atom stereocenters. The molecular weight excluding hydrogens is 320 g/mol. The summed E-state index contributed by atoms with van der Waals surface area (Å²) in [6.07, 6.45) is 0. The maximum atomic E-state index is 6.45. The summed E-state index contributed by atoms with van der Waals surface area (Å²) in [6, 6.07) is 10.1. The van der Waals surface area contributed by atoms with Gasteiger partial charge >= 0.3 is 0 Å². The van der Waals surface area contributed by atoms with E-state index in [4.69, 9.17) is 5.73 Å². The minimum atomic E-state index is -0.132. The Kier molecular flexibility index (Phi) is 3.39. The monoisotopic (exact) mass is 332 g/mol. The number of aryl methyl sites for hydroxylation is 1. The van der Waals surface area contributed by atoms with Crippen LogP contribution in [0.3, 0.4) is 0 Å². The molecule has 4 heteroatoms. The normalized spacial score (nSPS) is 12.8. The van der Waals surface area contributed by atoms with Crippen molar-refractivity contribution in [3.8, 4) is 0 Å². The van der Waals surface area contributed by atoms with Crippen molar-refractivity contribution in [3.63, 3.8) is 0 Å². The molecule has 0 bridgehead atoms. The minimum absolute atomic E-state index is 0.132. The second-order valence-corrected chi connectivity index (χ2v) is 6.12. The first-order valence-corrected chi connectivity index (χ1v) is 7.74. The molecule has 2 heterocycles. The molecule has 0 saturated heterocycles. The maximum Gasteiger partial charge on any atom is 0.0708 e. The Morgan fingerprint density at radius 3 is 2.74 bits per heavy atom. The summed E-state index contributed by atoms with van der Waals surface area (Å²) in [5.41, 5.74) is 10.7. The van der Waals surface area contributed by atoms with Crippen LogP contribution in [-0.2, 0) is 0 Å². The summed E-state index contributed by atoms with van der Waals surface area (Å²) in [7, 11) is 0. The van der Waals surface area contributed by atoms with Gasteiger partial charge in [-0.1, -0.05) is 18.2 Å². The zero-order valence-corrected chi connectivity index (χ0v) is 12.8. The maximum absolute atomic E-state index is 6.45. The van der Waals surface area contributed by atoms with Crippen molar-refractivity contribution in [3.05, 3.63) is 62.4 Å². The number of hydrogen-bond acceptors (Lipinski definition) is 3. The number of halogens is 1. The fourth-order valence-electron chi connectivity index (χ4n) is 2.28. The number of benzene rings is 1. The number of thiophene rings is 1. The van der Waals surface area contributed by atoms with Gasteiger partial charge in [-0.05, 0) is 51.5 Å². The SMILES string of the molecule is Cc1cc(C(N)c2cscc2Br)c2ccccc2n1. The molecule has 0 saturated carbocycles. The third kappa shape index (κ3) is 2.31. The predicted molar refractivity (Wildman–Crippen MR) is 84.5 cm³/mol. The highest BCUT2D eigenvalue weighted by molar-refractivity contribution is 9.10. The van der Waals surface area contributed by atoms with Gasteiger partial charge in [-0.25, -0.2) is 0 Å². The fourth-order valence-corrected chi connectivity index (χ4v) is 3.86. The summed E-state index contributed by atoms with van der Waals surface area (Å²) in [4.78, 5) is 4.56. The van der Waals surface area contributed by atoms with E-state index in [0.29, 0.717) is 0 Å². The third-order valence-corrected chi connectivity index (χ3v) is 4.94. The van der Waals surface area contributed by atoms with E-state index in [-0.39, 0.29) is 6.04 Å². The average Bonchev–Trinajstić information content (AvgIpc) is 2.83. The molecular formula is C15H13BrN2S. The molecule has 0 radical (unpaired) electrons. The van der Waals surface area contributed by atoms with Crippen molar-refractivity contribution in [1.82, 2.24) is 4.98 Å². The molecule has 1 unspecified atom stereocenters. The Bertz CT molecular complexity index is 736. The van der Waals surface area contributed by atoms with Crippen LogP contribution in [0.5, 0.6) is 0 Å². The lowest BCUT2D eigenvalue weighted by atomic mass is 9.97. The van der Waals surface area contributed by atoms with Gasteiger partial charge in [-0.15, -0.1) is 0 Å². The number of fused-ring (bicyclic) bond motifs is 1. The summed E-state index contributed by atoms with van der Waals surface area (Å²) < 4.78 is 1.07. The van der Waals surface area contributed by atoms with Gasteiger partial charge in [0.2, 0.25) is 0 Å². The molecule has 19 heavy (non-hydrogen) atoms. The van der Waals surface area contributed by atoms with Crippen LogP contribution in [0.2, 0.25) is 0 Å². The second kappa shape index (κ2) is 5.04. The van der Waals surface area contributed by atoms with Crippen LogP contribution >= 0.6 is 27.3 Å². The highest BCUT2D eigenvalue weighted by Crippen LogP contribution is 2.33. The molecule has 2 aromatic heterocycles. The molecule has 0 spiro atoms. The Morgan fingerprint density at radius 1 is 1.21 bits per heavy atom. The van der Waals surface area contributed by atoms with Crippen molar-refractivity contribution in [2.75, 3.05) is 0 Å². The Morgan fingerprint density at radius 2 is 2.00 bits per heavy atom. The van der Waals surface area contributed by atoms with Crippen LogP contribution < -0.4 is 5.73 Å². The Labute approximate surface area is 124 Å². The van der Waals surface area contributed by atoms with Gasteiger partial charge in [-0.2, -0.15) is 11.3 Å². The first kappa shape index (κ1) is 12.8. The lowest BCUT2D eigenvalue weighted by molar-refractivity contribution is 0.876. The first-order valence-electron chi connectivity index (χ1n) is 6.00. The van der Waals surface area contributed by atoms with Crippen LogP contribution in [0.4, 0.5) is 0 Å². The molecule has 0 fully saturated rings. The van der Waals surface area contributed by atoms with Crippen molar-refractivity contribution in [2.24, 2.45) is 5.73 Å². The van der Waals surface area contributed by atoms with Crippen LogP contribution in [0.15, 0.2) is 45.6 Å². The van der Waals surface area contributed by atoms with E-state index in [2.05, 4.69) is 43.8 Å². The van der Waals surface area contributed by atoms with Gasteiger partial charge in [0.05, 0.1) is 11.6 Å². The predicted octanol–water partition coefficient (Wildman–Crippen LogP) is 4.42. The highest BCUT2D eigenvalue weighted by atomic mass is 79.9. The van der Waals surface area contributed by atoms with Crippen molar-refractivity contribution in [1.29, 1.82) is 0 Å². The van der Waals surface area contributed by atoms with Crippen molar-refractivity contribution >= 4 is 38.2 Å². The molecule has 3 aromatic rings. The van der Waals surface area contributed by atoms with Crippen molar-refractivity contribution in [2.45, 2.75) is 13.0 Å². The number of hydrogen-bond donors (Lipinski definition) is 1. The van der Waals surface area contributed by atoms with Gasteiger partial charge in [0.15, 0.2) is 0 Å². The third-order valence-electron chi connectivity index (χ3n) is 3.19. The van der Waals surface area contributed by atoms with Crippen LogP contribution in [0.1, 0.15) is 22.9 Å². The molecule has 96 valence electrons. The van der Waals surface area contributed by atoms with Crippen LogP contribution in [-0.4, -0.2) is 4.98 Å². The number of rotatable bonds is 2. The number of nitrogens with two attached hydrogens (primary N) is 1. The van der Waals surface area contributed by atoms with Crippen LogP contribution in [0, 0.1) is 6.92 Å². The summed E-state index contributed by atoms with van der Waals surface area (Å²) in [5.74, 6) is 0. The molecule has 2 N–H and O–H groups in total. The standard InChI is InChI=1S/C15H13BrN2S/c1-9-6-11(10-4-2-3-5-14(10)18-9)15(17)12-7-19-8-13(12)16/h2-8,15H,17H2,1H3. The highest BCUT2D eigenvalue weighted by Gasteiger charge is 2.16. The summed E-state index contributed by atoms with van der Waals surface area (Å²) in [5, 5.41) is 5.28. The van der Waals surface area contributed by atoms with Gasteiger partial charge in [0, 0.05) is 20.9 Å². The molecule has 1 aromatic carbocycles. The van der Waals surface area contributed by atoms with Crippen molar-refractivity contribution < 1.29 is 0 Å². The van der Waals surface area contributed by atoms with E-state index in [1.165, 1.54) is 0 Å². The Hall–Kier alpha value is -1.23. The van der Waals surface area contributed by atoms with Gasteiger partial charge in [0.25, 0.3) is 0 Å². The zero-order chi connectivity index (χ0) is 13.4. The molecule has 0 aliphatic carbocycles. The second-order valence-electron chi connectivity index (χ2n) is 4.52. The average molecular weight is 333 g/mol. The lowest BCUT2D eigenvalue weighted by Gasteiger charge is -2.15.